The van der Waals surface area contributed by atoms with E-state index in [1.165, 1.54) is 51.7 Å². The summed E-state index contributed by atoms with van der Waals surface area (Å²) in [5.74, 6) is -0.565. The number of nitrogens with zero attached hydrogens (tertiary/aromatic N) is 4. The topological polar surface area (TPSA) is 325 Å². The van der Waals surface area contributed by atoms with E-state index in [4.69, 9.17) is 24.3 Å². The molecule has 2 saturated heterocycles. The van der Waals surface area contributed by atoms with Gasteiger partial charge in [-0.15, -0.1) is 0 Å². The zero-order valence-corrected chi connectivity index (χ0v) is 34.4. The summed E-state index contributed by atoms with van der Waals surface area (Å²) >= 11 is 0. The number of imidazole rings is 1. The van der Waals surface area contributed by atoms with Gasteiger partial charge in [-0.3, -0.25) is 28.7 Å². The van der Waals surface area contributed by atoms with Gasteiger partial charge in [-0.1, -0.05) is 53.4 Å². The summed E-state index contributed by atoms with van der Waals surface area (Å²) in [6.45, 7) is 12.5. The lowest BCUT2D eigenvalue weighted by molar-refractivity contribution is -0.308. The molecule has 3 aromatic rings. The maximum absolute atomic E-state index is 15.5. The van der Waals surface area contributed by atoms with E-state index in [-0.39, 0.29) is 35.0 Å². The fourth-order valence-electron chi connectivity index (χ4n) is 6.04. The molecule has 4 N–H and O–H groups in total. The van der Waals surface area contributed by atoms with E-state index in [1.54, 1.807) is 6.92 Å². The summed E-state index contributed by atoms with van der Waals surface area (Å²) in [6.07, 6.45) is -4.50. The summed E-state index contributed by atoms with van der Waals surface area (Å²) in [6, 6.07) is 0. The SMILES string of the molecule is CC(C)C1C(F)C(n2cnc3c(=O)[nH]c(N)nc32)OC1C(C)OP(=O)([O-])C(C)C.Cc1cn(C2CC(OP(=O)([O-])C(C)C)C(/C=C/P(=O)([O-])[O-])O2)c(=O)[nH]c1=O. The van der Waals surface area contributed by atoms with Crippen LogP contribution >= 0.6 is 22.8 Å². The fraction of sp³-hybridized carbons (Fsp3) is 0.645. The number of hydrogen-bond donors (Lipinski definition) is 3. The summed E-state index contributed by atoms with van der Waals surface area (Å²) in [5, 5.41) is 0. The van der Waals surface area contributed by atoms with Gasteiger partial charge in [0.05, 0.1) is 24.6 Å². The molecule has 10 atom stereocenters. The quantitative estimate of drug-likeness (QED) is 0.209. The first-order valence-electron chi connectivity index (χ1n) is 17.4. The van der Waals surface area contributed by atoms with Crippen LogP contribution < -0.4 is 42.1 Å². The van der Waals surface area contributed by atoms with Gasteiger partial charge in [0.1, 0.15) is 27.5 Å². The minimum Gasteiger partial charge on any atom is -0.808 e. The van der Waals surface area contributed by atoms with Gasteiger partial charge < -0.3 is 57.5 Å². The minimum absolute atomic E-state index is 0.00714. The molecule has 2 aliphatic rings. The van der Waals surface area contributed by atoms with Crippen LogP contribution in [0.2, 0.25) is 0 Å². The number of alkyl halides is 1. The molecule has 0 radical (unpaired) electrons. The molecule has 0 bridgehead atoms. The number of aryl methyl sites for hydroxylation is 1. The van der Waals surface area contributed by atoms with Crippen molar-refractivity contribution in [1.29, 1.82) is 0 Å². The highest BCUT2D eigenvalue weighted by Gasteiger charge is 2.50. The lowest BCUT2D eigenvalue weighted by Crippen LogP contribution is -2.37. The Morgan fingerprint density at radius 1 is 0.964 bits per heavy atom. The maximum atomic E-state index is 15.5. The van der Waals surface area contributed by atoms with Gasteiger partial charge in [0, 0.05) is 35.4 Å². The molecule has 5 heterocycles. The Balaban J connectivity index is 0.000000249. The van der Waals surface area contributed by atoms with E-state index in [0.29, 0.717) is 5.82 Å². The molecule has 56 heavy (non-hydrogen) atoms. The number of ether oxygens (including phenoxy) is 2. The first-order valence-corrected chi connectivity index (χ1v) is 22.3. The molecule has 2 fully saturated rings. The number of aromatic nitrogens is 6. The lowest BCUT2D eigenvalue weighted by atomic mass is 9.85. The molecule has 0 spiro atoms. The Hall–Kier alpha value is -3.13. The van der Waals surface area contributed by atoms with Crippen LogP contribution in [-0.4, -0.2) is 71.0 Å². The number of anilines is 1. The van der Waals surface area contributed by atoms with Gasteiger partial charge in [-0.25, -0.2) is 14.2 Å². The van der Waals surface area contributed by atoms with Crippen LogP contribution in [-0.2, 0) is 32.2 Å². The molecule has 21 nitrogen and oxygen atoms in total. The van der Waals surface area contributed by atoms with Crippen LogP contribution in [0.5, 0.6) is 0 Å². The molecular formula is C31H45FN7O14P3-4. The van der Waals surface area contributed by atoms with Crippen LogP contribution in [0, 0.1) is 18.8 Å². The number of halogens is 1. The van der Waals surface area contributed by atoms with Gasteiger partial charge in [0.15, 0.2) is 23.6 Å². The fourth-order valence-corrected chi connectivity index (χ4v) is 8.07. The van der Waals surface area contributed by atoms with Crippen molar-refractivity contribution >= 4 is 39.9 Å². The first kappa shape index (κ1) is 45.6. The van der Waals surface area contributed by atoms with Crippen molar-refractivity contribution in [1.82, 2.24) is 29.1 Å². The number of H-pyrrole nitrogens is 2. The van der Waals surface area contributed by atoms with Crippen LogP contribution in [0.4, 0.5) is 10.3 Å². The van der Waals surface area contributed by atoms with Crippen LogP contribution in [0.25, 0.3) is 11.2 Å². The number of aromatic amines is 2. The predicted molar refractivity (Wildman–Crippen MR) is 192 cm³/mol. The standard InChI is InChI=1S/C17H27FN5O5P.C14H22N2O9P2/c1-7(2)10-11(18)16(27-13(10)9(5)28-29(25,26)8(3)4)23-6-20-12-14(23)21-17(19)22-15(12)24;1-8(2)27(22,23)25-11-6-12(24-10(11)4-5-26(19,20)21)16-7-9(3)13(17)15-14(16)18/h6-11,13,16H,1-5H3,(H,25,26)(H3,19,21,22,24);4-5,7-8,10-12H,6H2,1-3H3,(H,22,23)(H,15,17,18)(H2,19,20,21)/p-4/b;5-4+. The van der Waals surface area contributed by atoms with Crippen LogP contribution in [0.1, 0.15) is 72.9 Å². The third kappa shape index (κ3) is 10.5. The molecule has 25 heteroatoms. The van der Waals surface area contributed by atoms with E-state index in [1.807, 2.05) is 13.8 Å². The number of hydrogen-bond acceptors (Lipinski definition) is 17. The third-order valence-electron chi connectivity index (χ3n) is 9.16. The van der Waals surface area contributed by atoms with Gasteiger partial charge in [-0.05, 0) is 27.4 Å². The Morgan fingerprint density at radius 2 is 1.59 bits per heavy atom. The number of fused-ring (bicyclic) bond motifs is 1. The van der Waals surface area contributed by atoms with E-state index in [0.717, 1.165) is 10.6 Å². The summed E-state index contributed by atoms with van der Waals surface area (Å²) in [4.78, 5) is 93.9. The van der Waals surface area contributed by atoms with Crippen molar-refractivity contribution in [2.75, 3.05) is 5.73 Å². The summed E-state index contributed by atoms with van der Waals surface area (Å²) < 4.78 is 74.8. The molecule has 5 rings (SSSR count). The summed E-state index contributed by atoms with van der Waals surface area (Å²) in [5.41, 5.74) is 2.46. The third-order valence-corrected chi connectivity index (χ3v) is 13.4. The minimum atomic E-state index is -5.01. The molecule has 314 valence electrons. The molecule has 0 saturated carbocycles. The van der Waals surface area contributed by atoms with Crippen molar-refractivity contribution in [3.8, 4) is 0 Å². The van der Waals surface area contributed by atoms with Crippen LogP contribution in [0.3, 0.4) is 0 Å². The van der Waals surface area contributed by atoms with Crippen molar-refractivity contribution in [3.63, 3.8) is 0 Å². The molecule has 0 aliphatic carbocycles. The van der Waals surface area contributed by atoms with Crippen LogP contribution in [0.15, 0.2) is 38.8 Å². The smallest absolute Gasteiger partial charge is 0.330 e. The van der Waals surface area contributed by atoms with Gasteiger partial charge in [0.25, 0.3) is 11.1 Å². The number of nitrogens with one attached hydrogen (secondary N) is 2. The summed E-state index contributed by atoms with van der Waals surface area (Å²) in [7, 11) is -13.4. The highest BCUT2D eigenvalue weighted by molar-refractivity contribution is 7.52. The van der Waals surface area contributed by atoms with E-state index in [2.05, 4.69) is 19.9 Å². The first-order chi connectivity index (χ1) is 25.7. The monoisotopic (exact) mass is 851 g/mol. The number of nitrogens with two attached hydrogens (primary N) is 1. The van der Waals surface area contributed by atoms with Crippen molar-refractivity contribution < 1.29 is 56.2 Å². The molecule has 10 unspecified atom stereocenters. The van der Waals surface area contributed by atoms with Crippen molar-refractivity contribution in [2.45, 2.75) is 116 Å². The van der Waals surface area contributed by atoms with Gasteiger partial charge in [-0.2, -0.15) is 4.98 Å². The second-order valence-electron chi connectivity index (χ2n) is 14.4. The molecular weight excluding hydrogens is 806 g/mol. The highest BCUT2D eigenvalue weighted by Crippen LogP contribution is 2.50. The Kier molecular flexibility index (Phi) is 14.1. The second kappa shape index (κ2) is 17.4. The van der Waals surface area contributed by atoms with E-state index in [9.17, 15) is 47.7 Å². The average Bonchev–Trinajstić information content (AvgIpc) is 3.76. The van der Waals surface area contributed by atoms with E-state index < -0.39 is 99.9 Å². The molecule has 0 aromatic carbocycles. The molecule has 2 aliphatic heterocycles. The maximum Gasteiger partial charge on any atom is 0.330 e. The second-order valence-corrected chi connectivity index (χ2v) is 20.4. The molecule has 3 aromatic heterocycles. The van der Waals surface area contributed by atoms with E-state index >= 15 is 4.39 Å². The Morgan fingerprint density at radius 3 is 2.16 bits per heavy atom. The van der Waals surface area contributed by atoms with Gasteiger partial charge >= 0.3 is 5.69 Å². The average molecular weight is 852 g/mol. The normalized spacial score (nSPS) is 27.2. The number of nitrogen functional groups attached to an aromatic ring is 1. The van der Waals surface area contributed by atoms with Crippen molar-refractivity contribution in [2.24, 2.45) is 11.8 Å². The highest BCUT2D eigenvalue weighted by atomic mass is 31.2. The van der Waals surface area contributed by atoms with Gasteiger partial charge in [0.2, 0.25) is 5.95 Å². The lowest BCUT2D eigenvalue weighted by Gasteiger charge is -2.34. The van der Waals surface area contributed by atoms with Crippen molar-refractivity contribution in [3.05, 3.63) is 61.2 Å². The Bertz CT molecular complexity index is 2230. The Labute approximate surface area is 319 Å². The molecule has 0 amide bonds. The zero-order chi connectivity index (χ0) is 42.2. The predicted octanol–water partition coefficient (Wildman–Crippen LogP) is 0.483. The zero-order valence-electron chi connectivity index (χ0n) is 31.7. The largest absolute Gasteiger partial charge is 0.808 e. The number of rotatable bonds is 12.